The quantitative estimate of drug-likeness (QED) is 0.803. The molecule has 0 atom stereocenters. The number of hydrogen-bond donors (Lipinski definition) is 1. The van der Waals surface area contributed by atoms with Gasteiger partial charge in [0.05, 0.1) is 0 Å². The topological polar surface area (TPSA) is 75.7 Å². The highest BCUT2D eigenvalue weighted by atomic mass is 35.5. The molecule has 0 aromatic heterocycles. The molecule has 2 aromatic rings. The van der Waals surface area contributed by atoms with Gasteiger partial charge in [0.1, 0.15) is 6.54 Å². The molecule has 1 heterocycles. The van der Waals surface area contributed by atoms with E-state index >= 15 is 0 Å². The van der Waals surface area contributed by atoms with Crippen LogP contribution < -0.4 is 5.32 Å². The highest BCUT2D eigenvalue weighted by Crippen LogP contribution is 2.30. The van der Waals surface area contributed by atoms with Gasteiger partial charge in [0.25, 0.3) is 11.8 Å². The van der Waals surface area contributed by atoms with Crippen molar-refractivity contribution in [1.29, 1.82) is 0 Å². The van der Waals surface area contributed by atoms with Gasteiger partial charge < -0.3 is 10.1 Å². The molecule has 6 nitrogen and oxygen atoms in total. The summed E-state index contributed by atoms with van der Waals surface area (Å²) in [6.45, 7) is 4.90. The van der Waals surface area contributed by atoms with E-state index in [1.807, 2.05) is 6.92 Å². The Balaban J connectivity index is 1.54. The van der Waals surface area contributed by atoms with Crippen LogP contribution in [0.2, 0.25) is 5.02 Å². The van der Waals surface area contributed by atoms with Gasteiger partial charge in [0, 0.05) is 27.5 Å². The third-order valence-corrected chi connectivity index (χ3v) is 4.40. The van der Waals surface area contributed by atoms with Crippen molar-refractivity contribution in [3.63, 3.8) is 0 Å². The van der Waals surface area contributed by atoms with Crippen molar-refractivity contribution >= 4 is 40.8 Å². The molecule has 138 valence electrons. The first-order valence-electron chi connectivity index (χ1n) is 8.18. The predicted octanol–water partition coefficient (Wildman–Crippen LogP) is 3.26. The molecule has 0 aliphatic carbocycles. The Morgan fingerprint density at radius 1 is 1.19 bits per heavy atom. The molecular weight excluding hydrogens is 368 g/mol. The summed E-state index contributed by atoms with van der Waals surface area (Å²) in [5.74, 6) is -1.51. The molecule has 0 unspecified atom stereocenters. The third kappa shape index (κ3) is 4.01. The van der Waals surface area contributed by atoms with E-state index in [9.17, 15) is 14.4 Å². The summed E-state index contributed by atoms with van der Waals surface area (Å²) in [4.78, 5) is 37.7. The summed E-state index contributed by atoms with van der Waals surface area (Å²) < 4.78 is 4.98. The monoisotopic (exact) mass is 384 g/mol. The van der Waals surface area contributed by atoms with Crippen LogP contribution in [0.1, 0.15) is 21.5 Å². The van der Waals surface area contributed by atoms with Gasteiger partial charge in [-0.05, 0) is 30.7 Å². The maximum Gasteiger partial charge on any atom is 0.326 e. The predicted molar refractivity (Wildman–Crippen MR) is 102 cm³/mol. The van der Waals surface area contributed by atoms with Crippen LogP contribution in [-0.2, 0) is 14.3 Å². The second kappa shape index (κ2) is 7.63. The lowest BCUT2D eigenvalue weighted by molar-refractivity contribution is -0.147. The van der Waals surface area contributed by atoms with Crippen LogP contribution in [0.4, 0.5) is 5.69 Å². The summed E-state index contributed by atoms with van der Waals surface area (Å²) in [7, 11) is 0. The molecule has 7 heteroatoms. The zero-order valence-electron chi connectivity index (χ0n) is 14.6. The first-order chi connectivity index (χ1) is 12.9. The average Bonchev–Trinajstić information content (AvgIpc) is 2.88. The minimum Gasteiger partial charge on any atom is -0.454 e. The standard InChI is InChI=1S/C20H17ClN2O4/c1-12-7-8-14(21)9-17(12)22-18(24)11-27-19(25)10-23-13(2)15-5-3-4-6-16(15)20(23)26/h3-9H,2,10-11H2,1H3,(H,22,24). The number of ether oxygens (including phenoxy) is 1. The molecule has 1 N–H and O–H groups in total. The minimum absolute atomic E-state index is 0.310. The number of carbonyl (C=O) groups is 3. The van der Waals surface area contributed by atoms with Gasteiger partial charge in [0.15, 0.2) is 6.61 Å². The number of halogens is 1. The van der Waals surface area contributed by atoms with Gasteiger partial charge in [-0.3, -0.25) is 19.3 Å². The highest BCUT2D eigenvalue weighted by Gasteiger charge is 2.32. The highest BCUT2D eigenvalue weighted by molar-refractivity contribution is 6.31. The number of amides is 2. The molecule has 3 rings (SSSR count). The third-order valence-electron chi connectivity index (χ3n) is 4.16. The Morgan fingerprint density at radius 2 is 1.89 bits per heavy atom. The smallest absolute Gasteiger partial charge is 0.326 e. The summed E-state index contributed by atoms with van der Waals surface area (Å²) in [6.07, 6.45) is 0. The molecule has 0 spiro atoms. The number of aryl methyl sites for hydroxylation is 1. The number of hydrogen-bond acceptors (Lipinski definition) is 4. The lowest BCUT2D eigenvalue weighted by Crippen LogP contribution is -2.32. The molecular formula is C20H17ClN2O4. The molecule has 27 heavy (non-hydrogen) atoms. The van der Waals surface area contributed by atoms with Gasteiger partial charge in [-0.1, -0.05) is 42.4 Å². The summed E-state index contributed by atoms with van der Waals surface area (Å²) >= 11 is 5.91. The molecule has 0 saturated heterocycles. The van der Waals surface area contributed by atoms with Crippen molar-refractivity contribution in [1.82, 2.24) is 4.90 Å². The molecule has 1 aliphatic rings. The number of carbonyl (C=O) groups excluding carboxylic acids is 3. The van der Waals surface area contributed by atoms with Crippen LogP contribution >= 0.6 is 11.6 Å². The van der Waals surface area contributed by atoms with Crippen LogP contribution in [0, 0.1) is 6.92 Å². The summed E-state index contributed by atoms with van der Waals surface area (Å²) in [5, 5.41) is 3.12. The maximum absolute atomic E-state index is 12.4. The van der Waals surface area contributed by atoms with E-state index in [0.29, 0.717) is 27.5 Å². The normalized spacial score (nSPS) is 12.7. The van der Waals surface area contributed by atoms with Crippen LogP contribution in [-0.4, -0.2) is 35.8 Å². The van der Waals surface area contributed by atoms with Crippen LogP contribution in [0.5, 0.6) is 0 Å². The van der Waals surface area contributed by atoms with Crippen LogP contribution in [0.25, 0.3) is 5.70 Å². The fourth-order valence-electron chi connectivity index (χ4n) is 2.74. The van der Waals surface area contributed by atoms with Crippen molar-refractivity contribution in [2.24, 2.45) is 0 Å². The Labute approximate surface area is 161 Å². The van der Waals surface area contributed by atoms with Crippen molar-refractivity contribution in [3.8, 4) is 0 Å². The number of nitrogens with one attached hydrogen (secondary N) is 1. The number of nitrogens with zero attached hydrogens (tertiary/aromatic N) is 1. The van der Waals surface area contributed by atoms with Crippen molar-refractivity contribution in [2.75, 3.05) is 18.5 Å². The van der Waals surface area contributed by atoms with Crippen molar-refractivity contribution in [2.45, 2.75) is 6.92 Å². The SMILES string of the molecule is C=C1c2ccccc2C(=O)N1CC(=O)OCC(=O)Nc1cc(Cl)ccc1C. The Bertz CT molecular complexity index is 920. The van der Waals surface area contributed by atoms with Gasteiger partial charge in [-0.25, -0.2) is 0 Å². The Kier molecular flexibility index (Phi) is 5.28. The van der Waals surface area contributed by atoms with E-state index < -0.39 is 18.5 Å². The van der Waals surface area contributed by atoms with Gasteiger partial charge in [0.2, 0.25) is 0 Å². The number of rotatable bonds is 5. The van der Waals surface area contributed by atoms with Crippen molar-refractivity contribution in [3.05, 3.63) is 70.8 Å². The first kappa shape index (κ1) is 18.7. The summed E-state index contributed by atoms with van der Waals surface area (Å²) in [6, 6.07) is 12.1. The van der Waals surface area contributed by atoms with E-state index in [1.54, 1.807) is 42.5 Å². The van der Waals surface area contributed by atoms with Gasteiger partial charge in [-0.2, -0.15) is 0 Å². The fourth-order valence-corrected chi connectivity index (χ4v) is 2.91. The largest absolute Gasteiger partial charge is 0.454 e. The van der Waals surface area contributed by atoms with Crippen LogP contribution in [0.3, 0.4) is 0 Å². The Hall–Kier alpha value is -3.12. The van der Waals surface area contributed by atoms with E-state index in [2.05, 4.69) is 11.9 Å². The minimum atomic E-state index is -0.699. The number of esters is 1. The zero-order valence-corrected chi connectivity index (χ0v) is 15.4. The molecule has 1 aliphatic heterocycles. The van der Waals surface area contributed by atoms with E-state index in [4.69, 9.17) is 16.3 Å². The lowest BCUT2D eigenvalue weighted by atomic mass is 10.1. The molecule has 0 saturated carbocycles. The van der Waals surface area contributed by atoms with Crippen LogP contribution in [0.15, 0.2) is 49.0 Å². The average molecular weight is 385 g/mol. The second-order valence-corrected chi connectivity index (χ2v) is 6.49. The number of benzene rings is 2. The van der Waals surface area contributed by atoms with E-state index in [1.165, 1.54) is 4.90 Å². The fraction of sp³-hybridized carbons (Fsp3) is 0.150. The second-order valence-electron chi connectivity index (χ2n) is 6.05. The van der Waals surface area contributed by atoms with Gasteiger partial charge >= 0.3 is 5.97 Å². The maximum atomic E-state index is 12.4. The molecule has 0 fully saturated rings. The van der Waals surface area contributed by atoms with Crippen molar-refractivity contribution < 1.29 is 19.1 Å². The lowest BCUT2D eigenvalue weighted by Gasteiger charge is -2.16. The summed E-state index contributed by atoms with van der Waals surface area (Å²) in [5.41, 5.74) is 2.98. The molecule has 0 radical (unpaired) electrons. The van der Waals surface area contributed by atoms with E-state index in [0.717, 1.165) is 5.56 Å². The first-order valence-corrected chi connectivity index (χ1v) is 8.56. The van der Waals surface area contributed by atoms with E-state index in [-0.39, 0.29) is 12.5 Å². The zero-order chi connectivity index (χ0) is 19.6. The molecule has 2 aromatic carbocycles. The number of anilines is 1. The molecule has 2 amide bonds. The molecule has 0 bridgehead atoms. The number of fused-ring (bicyclic) bond motifs is 1. The van der Waals surface area contributed by atoms with Gasteiger partial charge in [-0.15, -0.1) is 0 Å². The Morgan fingerprint density at radius 3 is 2.59 bits per heavy atom.